The molecule has 0 heterocycles. The molecule has 0 aromatic carbocycles. The lowest BCUT2D eigenvalue weighted by molar-refractivity contribution is -0.306. The van der Waals surface area contributed by atoms with Gasteiger partial charge in [-0.15, -0.1) is 0 Å². The molecule has 3 fully saturated rings. The monoisotopic (exact) mass is 437 g/mol. The molecule has 0 atom stereocenters. The summed E-state index contributed by atoms with van der Waals surface area (Å²) in [4.78, 5) is 16.5. The first-order chi connectivity index (χ1) is 14.1. The summed E-state index contributed by atoms with van der Waals surface area (Å²) >= 11 is 0. The number of carbonyl (C=O) groups excluding carboxylic acids is 1. The van der Waals surface area contributed by atoms with Crippen molar-refractivity contribution in [1.29, 1.82) is 0 Å². The molecule has 8 heteroatoms. The van der Waals surface area contributed by atoms with E-state index in [0.717, 1.165) is 38.5 Å². The molecule has 0 aliphatic heterocycles. The molecule has 30 heavy (non-hydrogen) atoms. The minimum absolute atomic E-state index is 0.0428. The van der Waals surface area contributed by atoms with Crippen molar-refractivity contribution in [1.82, 2.24) is 0 Å². The SMILES string of the molecule is C=NC1CCC(OC(=O)C2CCC(C3CCC(C(F)(F)C(F)(F)F)CC3)CC2)CC1. The zero-order valence-electron chi connectivity index (χ0n) is 17.3. The van der Waals surface area contributed by atoms with E-state index in [9.17, 15) is 26.7 Å². The van der Waals surface area contributed by atoms with Gasteiger partial charge >= 0.3 is 18.1 Å². The van der Waals surface area contributed by atoms with Crippen LogP contribution in [0, 0.1) is 23.7 Å². The first kappa shape index (κ1) is 23.5. The molecule has 172 valence electrons. The Balaban J connectivity index is 1.40. The van der Waals surface area contributed by atoms with Gasteiger partial charge in [0.2, 0.25) is 0 Å². The van der Waals surface area contributed by atoms with Crippen LogP contribution in [0.4, 0.5) is 22.0 Å². The zero-order valence-corrected chi connectivity index (χ0v) is 17.3. The third kappa shape index (κ3) is 5.34. The van der Waals surface area contributed by atoms with Gasteiger partial charge in [0.05, 0.1) is 5.92 Å². The molecule has 0 bridgehead atoms. The van der Waals surface area contributed by atoms with Gasteiger partial charge in [0.1, 0.15) is 6.10 Å². The second-order valence-electron chi connectivity index (χ2n) is 9.39. The lowest BCUT2D eigenvalue weighted by Crippen LogP contribution is -2.45. The van der Waals surface area contributed by atoms with Crippen LogP contribution in [0.5, 0.6) is 0 Å². The number of nitrogens with zero attached hydrogens (tertiary/aromatic N) is 1. The predicted octanol–water partition coefficient (Wildman–Crippen LogP) is 6.35. The highest BCUT2D eigenvalue weighted by atomic mass is 19.4. The van der Waals surface area contributed by atoms with E-state index < -0.39 is 18.0 Å². The number of rotatable bonds is 5. The van der Waals surface area contributed by atoms with E-state index in [4.69, 9.17) is 4.74 Å². The van der Waals surface area contributed by atoms with Gasteiger partial charge < -0.3 is 4.74 Å². The minimum atomic E-state index is -5.47. The molecule has 0 unspecified atom stereocenters. The standard InChI is InChI=1S/C22H32F5NO2/c1-28-18-10-12-19(13-11-18)30-20(29)16-4-2-14(3-5-16)15-6-8-17(9-7-15)21(23,24)22(25,26)27/h14-19H,1-13H2. The highest BCUT2D eigenvalue weighted by molar-refractivity contribution is 5.72. The summed E-state index contributed by atoms with van der Waals surface area (Å²) in [5, 5.41) is 0. The van der Waals surface area contributed by atoms with E-state index in [1.54, 1.807) is 0 Å². The van der Waals surface area contributed by atoms with Gasteiger partial charge in [-0.05, 0) is 95.6 Å². The summed E-state index contributed by atoms with van der Waals surface area (Å²) in [7, 11) is 0. The molecule has 3 aliphatic carbocycles. The average Bonchev–Trinajstić information content (AvgIpc) is 2.73. The Morgan fingerprint density at radius 1 is 0.767 bits per heavy atom. The maximum atomic E-state index is 13.6. The van der Waals surface area contributed by atoms with Gasteiger partial charge in [-0.3, -0.25) is 9.79 Å². The molecular weight excluding hydrogens is 405 g/mol. The summed E-state index contributed by atoms with van der Waals surface area (Å²) in [6.45, 7) is 3.57. The lowest BCUT2D eigenvalue weighted by Gasteiger charge is -2.39. The Kier molecular flexibility index (Phi) is 7.44. The van der Waals surface area contributed by atoms with E-state index >= 15 is 0 Å². The van der Waals surface area contributed by atoms with Crippen molar-refractivity contribution in [3.8, 4) is 0 Å². The van der Waals surface area contributed by atoms with Crippen LogP contribution in [-0.2, 0) is 9.53 Å². The summed E-state index contributed by atoms with van der Waals surface area (Å²) in [5.41, 5.74) is 0. The van der Waals surface area contributed by atoms with Crippen molar-refractivity contribution < 1.29 is 31.5 Å². The number of alkyl halides is 5. The first-order valence-electron chi connectivity index (χ1n) is 11.2. The van der Waals surface area contributed by atoms with E-state index in [2.05, 4.69) is 11.7 Å². The fourth-order valence-corrected chi connectivity index (χ4v) is 5.62. The highest BCUT2D eigenvalue weighted by Crippen LogP contribution is 2.50. The van der Waals surface area contributed by atoms with E-state index in [1.807, 2.05) is 0 Å². The quantitative estimate of drug-likeness (QED) is 0.286. The van der Waals surface area contributed by atoms with Crippen molar-refractivity contribution in [3.63, 3.8) is 0 Å². The Labute approximate surface area is 174 Å². The predicted molar refractivity (Wildman–Crippen MR) is 104 cm³/mol. The van der Waals surface area contributed by atoms with Gasteiger partial charge in [-0.1, -0.05) is 0 Å². The molecule has 0 amide bonds. The van der Waals surface area contributed by atoms with Crippen molar-refractivity contribution in [2.24, 2.45) is 28.7 Å². The third-order valence-corrected chi connectivity index (χ3v) is 7.62. The lowest BCUT2D eigenvalue weighted by atomic mass is 9.68. The third-order valence-electron chi connectivity index (χ3n) is 7.62. The van der Waals surface area contributed by atoms with Crippen molar-refractivity contribution in [2.45, 2.75) is 101 Å². The second-order valence-corrected chi connectivity index (χ2v) is 9.39. The van der Waals surface area contributed by atoms with Crippen LogP contribution in [-0.4, -0.2) is 36.9 Å². The Morgan fingerprint density at radius 2 is 1.27 bits per heavy atom. The van der Waals surface area contributed by atoms with Crippen molar-refractivity contribution in [2.75, 3.05) is 0 Å². The maximum absolute atomic E-state index is 13.6. The zero-order chi connectivity index (χ0) is 21.9. The fraction of sp³-hybridized carbons (Fsp3) is 0.909. The van der Waals surface area contributed by atoms with E-state index in [0.29, 0.717) is 31.6 Å². The number of aliphatic imine (C=N–C) groups is 1. The Hall–Kier alpha value is -1.21. The molecule has 0 saturated heterocycles. The summed E-state index contributed by atoms with van der Waals surface area (Å²) in [5.74, 6) is -5.97. The van der Waals surface area contributed by atoms with Crippen LogP contribution in [0.3, 0.4) is 0 Å². The topological polar surface area (TPSA) is 38.7 Å². The van der Waals surface area contributed by atoms with Gasteiger partial charge in [0.25, 0.3) is 0 Å². The van der Waals surface area contributed by atoms with Gasteiger partial charge in [-0.25, -0.2) is 0 Å². The normalized spacial score (nSPS) is 36.2. The number of halogens is 5. The Bertz CT molecular complexity index is 585. The first-order valence-corrected chi connectivity index (χ1v) is 11.2. The number of carbonyl (C=O) groups is 1. The number of ether oxygens (including phenoxy) is 1. The van der Waals surface area contributed by atoms with Gasteiger partial charge in [0, 0.05) is 12.0 Å². The van der Waals surface area contributed by atoms with Crippen LogP contribution < -0.4 is 0 Å². The largest absolute Gasteiger partial charge is 0.462 e. The molecule has 3 rings (SSSR count). The molecule has 0 aromatic rings. The second kappa shape index (κ2) is 9.51. The molecule has 0 radical (unpaired) electrons. The molecule has 3 saturated carbocycles. The Morgan fingerprint density at radius 3 is 1.73 bits per heavy atom. The molecule has 0 N–H and O–H groups in total. The number of hydrogen-bond acceptors (Lipinski definition) is 3. The van der Waals surface area contributed by atoms with Gasteiger partial charge in [-0.2, -0.15) is 22.0 Å². The van der Waals surface area contributed by atoms with Crippen LogP contribution in [0.15, 0.2) is 4.99 Å². The molecule has 3 aliphatic rings. The summed E-state index contributed by atoms with van der Waals surface area (Å²) in [6, 6.07) is 0.265. The fourth-order valence-electron chi connectivity index (χ4n) is 5.62. The van der Waals surface area contributed by atoms with E-state index in [1.165, 1.54) is 0 Å². The maximum Gasteiger partial charge on any atom is 0.453 e. The number of esters is 1. The van der Waals surface area contributed by atoms with Crippen LogP contribution in [0.2, 0.25) is 0 Å². The summed E-state index contributed by atoms with van der Waals surface area (Å²) < 4.78 is 70.6. The van der Waals surface area contributed by atoms with Crippen molar-refractivity contribution in [3.05, 3.63) is 0 Å². The molecule has 3 nitrogen and oxygen atoms in total. The smallest absolute Gasteiger partial charge is 0.453 e. The van der Waals surface area contributed by atoms with Crippen LogP contribution in [0.25, 0.3) is 0 Å². The summed E-state index contributed by atoms with van der Waals surface area (Å²) in [6.07, 6.45) is 1.63. The van der Waals surface area contributed by atoms with E-state index in [-0.39, 0.29) is 42.8 Å². The average molecular weight is 437 g/mol. The van der Waals surface area contributed by atoms with Crippen LogP contribution in [0.1, 0.15) is 77.0 Å². The van der Waals surface area contributed by atoms with Gasteiger partial charge in [0.15, 0.2) is 0 Å². The van der Waals surface area contributed by atoms with Crippen LogP contribution >= 0.6 is 0 Å². The minimum Gasteiger partial charge on any atom is -0.462 e. The molecule has 0 spiro atoms. The molecule has 0 aromatic heterocycles. The molecular formula is C22H32F5NO2. The van der Waals surface area contributed by atoms with Crippen molar-refractivity contribution >= 4 is 12.7 Å². The number of hydrogen-bond donors (Lipinski definition) is 0. The highest BCUT2D eigenvalue weighted by Gasteiger charge is 2.62.